The summed E-state index contributed by atoms with van der Waals surface area (Å²) in [7, 11) is 1.94. The van der Waals surface area contributed by atoms with E-state index in [9.17, 15) is 0 Å². The van der Waals surface area contributed by atoms with Gasteiger partial charge in [0.1, 0.15) is 5.52 Å². The Morgan fingerprint density at radius 3 is 3.10 bits per heavy atom. The van der Waals surface area contributed by atoms with Gasteiger partial charge in [0.15, 0.2) is 5.52 Å². The molecule has 0 atom stereocenters. The first-order valence-electron chi connectivity index (χ1n) is 8.44. The molecule has 0 radical (unpaired) electrons. The van der Waals surface area contributed by atoms with Crippen LogP contribution in [0.25, 0.3) is 33.5 Å². The highest BCUT2D eigenvalue weighted by molar-refractivity contribution is 6.04. The highest BCUT2D eigenvalue weighted by atomic mass is 15.2. The molecule has 0 saturated carbocycles. The number of hydrogen-bond donors (Lipinski definition) is 0. The predicted octanol–water partition coefficient (Wildman–Crippen LogP) is 2.38. The summed E-state index contributed by atoms with van der Waals surface area (Å²) in [5.41, 5.74) is 4.71. The molecule has 1 aromatic carbocycles. The number of benzene rings is 1. The zero-order valence-electron chi connectivity index (χ0n) is 14.5. The zero-order valence-corrected chi connectivity index (χ0v) is 11.5. The standard InChI is InChI=1S/C17H15N4/c1-19-14-6-4-3-5-13(14)15-17(19)20(2)16-12-7-8-18-9-11(12)10-21(15)16/h3-9H,10H2,1-2H3/q+1/i1D3. The molecule has 1 aliphatic rings. The molecule has 4 heteroatoms. The Bertz CT molecular complexity index is 1130. The number of aromatic nitrogens is 4. The van der Waals surface area contributed by atoms with Gasteiger partial charge in [-0.25, -0.2) is 9.13 Å². The fourth-order valence-electron chi connectivity index (χ4n) is 3.59. The molecule has 0 aliphatic carbocycles. The van der Waals surface area contributed by atoms with Gasteiger partial charge in [0.05, 0.1) is 35.6 Å². The maximum atomic E-state index is 8.01. The lowest BCUT2D eigenvalue weighted by Gasteiger charge is -1.98. The van der Waals surface area contributed by atoms with Gasteiger partial charge in [-0.3, -0.25) is 9.55 Å². The minimum absolute atomic E-state index is 0.713. The average molecular weight is 278 g/mol. The first-order valence-corrected chi connectivity index (χ1v) is 6.94. The van der Waals surface area contributed by atoms with Gasteiger partial charge < -0.3 is 0 Å². The normalized spacial score (nSPS) is 15.8. The summed E-state index contributed by atoms with van der Waals surface area (Å²) in [4.78, 5) is 4.22. The molecule has 0 unspecified atom stereocenters. The highest BCUT2D eigenvalue weighted by Gasteiger charge is 2.34. The van der Waals surface area contributed by atoms with Crippen molar-refractivity contribution in [3.05, 3.63) is 48.3 Å². The van der Waals surface area contributed by atoms with E-state index in [0.717, 1.165) is 39.0 Å². The van der Waals surface area contributed by atoms with E-state index in [2.05, 4.69) is 9.55 Å². The summed E-state index contributed by atoms with van der Waals surface area (Å²) in [6, 6.07) is 9.70. The number of pyridine rings is 1. The fourth-order valence-corrected chi connectivity index (χ4v) is 3.59. The van der Waals surface area contributed by atoms with Crippen molar-refractivity contribution in [3.63, 3.8) is 0 Å². The molecular weight excluding hydrogens is 260 g/mol. The van der Waals surface area contributed by atoms with E-state index in [1.54, 1.807) is 6.20 Å². The summed E-state index contributed by atoms with van der Waals surface area (Å²) in [6.07, 6.45) is 3.67. The van der Waals surface area contributed by atoms with Gasteiger partial charge in [0.2, 0.25) is 5.82 Å². The molecule has 0 fully saturated rings. The molecule has 4 nitrogen and oxygen atoms in total. The van der Waals surface area contributed by atoms with Crippen LogP contribution in [-0.4, -0.2) is 14.1 Å². The Labute approximate surface area is 126 Å². The average Bonchev–Trinajstić information content (AvgIpc) is 3.15. The molecule has 0 N–H and O–H groups in total. The van der Waals surface area contributed by atoms with Crippen LogP contribution in [0, 0.1) is 0 Å². The van der Waals surface area contributed by atoms with Crippen LogP contribution < -0.4 is 4.57 Å². The maximum Gasteiger partial charge on any atom is 0.269 e. The summed E-state index contributed by atoms with van der Waals surface area (Å²) in [5.74, 6) is 1.03. The number of rotatable bonds is 0. The lowest BCUT2D eigenvalue weighted by atomic mass is 10.2. The molecule has 4 heterocycles. The molecule has 5 rings (SSSR count). The summed E-state index contributed by atoms with van der Waals surface area (Å²) >= 11 is 0. The number of hydrogen-bond acceptors (Lipinski definition) is 1. The minimum atomic E-state index is -2.23. The Morgan fingerprint density at radius 1 is 1.29 bits per heavy atom. The topological polar surface area (TPSA) is 26.6 Å². The van der Waals surface area contributed by atoms with Crippen LogP contribution in [0.2, 0.25) is 0 Å². The SMILES string of the molecule is [2H]C([2H])([2H])n1c2ccccc2c2c1[n+](C)c1n2Cc2cnccc2-1. The summed E-state index contributed by atoms with van der Waals surface area (Å²) < 4.78 is 29.7. The number of imidazole rings is 1. The number of nitrogens with zero attached hydrogens (tertiary/aromatic N) is 4. The van der Waals surface area contributed by atoms with Crippen molar-refractivity contribution in [1.82, 2.24) is 14.1 Å². The van der Waals surface area contributed by atoms with E-state index >= 15 is 0 Å². The monoisotopic (exact) mass is 278 g/mol. The predicted molar refractivity (Wildman–Crippen MR) is 81.9 cm³/mol. The molecule has 0 spiro atoms. The van der Waals surface area contributed by atoms with Crippen LogP contribution in [0.4, 0.5) is 0 Å². The number of fused-ring (bicyclic) bond motifs is 7. The van der Waals surface area contributed by atoms with Crippen molar-refractivity contribution in [2.45, 2.75) is 6.54 Å². The number of aryl methyl sites for hydroxylation is 2. The first-order chi connectivity index (χ1) is 11.5. The second-order valence-corrected chi connectivity index (χ2v) is 5.53. The third-order valence-corrected chi connectivity index (χ3v) is 4.46. The Morgan fingerprint density at radius 2 is 2.19 bits per heavy atom. The second kappa shape index (κ2) is 3.52. The quantitative estimate of drug-likeness (QED) is 0.399. The van der Waals surface area contributed by atoms with Crippen molar-refractivity contribution in [2.24, 2.45) is 14.0 Å². The first kappa shape index (κ1) is 8.62. The summed E-state index contributed by atoms with van der Waals surface area (Å²) in [6.45, 7) is -1.52. The molecule has 0 bridgehead atoms. The van der Waals surface area contributed by atoms with Crippen LogP contribution in [0.5, 0.6) is 0 Å². The van der Waals surface area contributed by atoms with Crippen molar-refractivity contribution >= 4 is 22.1 Å². The molecule has 3 aromatic heterocycles. The fraction of sp³-hybridized carbons (Fsp3) is 0.176. The third-order valence-electron chi connectivity index (χ3n) is 4.46. The minimum Gasteiger partial charge on any atom is -0.264 e. The Balaban J connectivity index is 2.02. The van der Waals surface area contributed by atoms with Crippen molar-refractivity contribution in [1.29, 1.82) is 0 Å². The van der Waals surface area contributed by atoms with Gasteiger partial charge in [0, 0.05) is 18.0 Å². The van der Waals surface area contributed by atoms with Crippen LogP contribution in [0.15, 0.2) is 42.7 Å². The molecule has 102 valence electrons. The van der Waals surface area contributed by atoms with Crippen LogP contribution in [-0.2, 0) is 20.6 Å². The smallest absolute Gasteiger partial charge is 0.264 e. The molecular formula is C17H15N4+. The highest BCUT2D eigenvalue weighted by Crippen LogP contribution is 2.36. The van der Waals surface area contributed by atoms with Gasteiger partial charge in [-0.05, 0) is 18.2 Å². The lowest BCUT2D eigenvalue weighted by molar-refractivity contribution is -0.636. The molecule has 4 aromatic rings. The van der Waals surface area contributed by atoms with Crippen molar-refractivity contribution in [2.75, 3.05) is 0 Å². The van der Waals surface area contributed by atoms with Crippen molar-refractivity contribution in [3.8, 4) is 11.4 Å². The van der Waals surface area contributed by atoms with Gasteiger partial charge in [-0.1, -0.05) is 12.1 Å². The third kappa shape index (κ3) is 1.17. The van der Waals surface area contributed by atoms with Crippen LogP contribution in [0.1, 0.15) is 9.68 Å². The van der Waals surface area contributed by atoms with Crippen molar-refractivity contribution < 1.29 is 8.68 Å². The van der Waals surface area contributed by atoms with Crippen LogP contribution >= 0.6 is 0 Å². The van der Waals surface area contributed by atoms with E-state index in [0.29, 0.717) is 6.54 Å². The summed E-state index contributed by atoms with van der Waals surface area (Å²) in [5, 5.41) is 0.964. The van der Waals surface area contributed by atoms with Gasteiger partial charge in [0.25, 0.3) is 5.65 Å². The van der Waals surface area contributed by atoms with E-state index < -0.39 is 6.98 Å². The zero-order chi connectivity index (χ0) is 16.6. The maximum absolute atomic E-state index is 8.01. The van der Waals surface area contributed by atoms with Gasteiger partial charge in [-0.15, -0.1) is 0 Å². The van der Waals surface area contributed by atoms with E-state index in [1.165, 1.54) is 4.57 Å². The molecule has 0 amide bonds. The Hall–Kier alpha value is -2.62. The largest absolute Gasteiger partial charge is 0.269 e. The number of para-hydroxylation sites is 1. The van der Waals surface area contributed by atoms with Gasteiger partial charge in [-0.2, -0.15) is 0 Å². The van der Waals surface area contributed by atoms with E-state index in [4.69, 9.17) is 4.11 Å². The molecule has 1 aliphatic heterocycles. The molecule has 21 heavy (non-hydrogen) atoms. The van der Waals surface area contributed by atoms with E-state index in [-0.39, 0.29) is 0 Å². The lowest BCUT2D eigenvalue weighted by Crippen LogP contribution is -2.31. The second-order valence-electron chi connectivity index (χ2n) is 5.53. The molecule has 0 saturated heterocycles. The van der Waals surface area contributed by atoms with Gasteiger partial charge >= 0.3 is 0 Å². The Kier molecular flexibility index (Phi) is 1.45. The van der Waals surface area contributed by atoms with Crippen LogP contribution in [0.3, 0.4) is 0 Å². The van der Waals surface area contributed by atoms with E-state index in [1.807, 2.05) is 48.1 Å².